The smallest absolute Gasteiger partial charge is 0.191 e. The standard InChI is InChI=1S/C18H32ClN5OS.HI/c1-4-20-18(22-13-15(25)16-6-7-17(19)26-16)21-12-14(3)24-10-8-23(5-2)9-11-24;/h6-7,14-15,25H,4-5,8-13H2,1-3H3,(H2,20,21,22);1H. The summed E-state index contributed by atoms with van der Waals surface area (Å²) in [6.07, 6.45) is -0.587. The molecule has 1 aliphatic rings. The van der Waals surface area contributed by atoms with E-state index in [0.29, 0.717) is 16.9 Å². The summed E-state index contributed by atoms with van der Waals surface area (Å²) in [4.78, 5) is 10.5. The van der Waals surface area contributed by atoms with Crippen LogP contribution in [0.25, 0.3) is 0 Å². The first-order valence-electron chi connectivity index (χ1n) is 9.45. The lowest BCUT2D eigenvalue weighted by Gasteiger charge is -2.37. The van der Waals surface area contributed by atoms with Crippen molar-refractivity contribution in [2.75, 3.05) is 52.4 Å². The van der Waals surface area contributed by atoms with E-state index < -0.39 is 6.10 Å². The Morgan fingerprint density at radius 2 is 1.96 bits per heavy atom. The molecule has 2 unspecified atom stereocenters. The van der Waals surface area contributed by atoms with Crippen LogP contribution >= 0.6 is 46.9 Å². The monoisotopic (exact) mass is 529 g/mol. The number of rotatable bonds is 8. The van der Waals surface area contributed by atoms with Crippen LogP contribution in [0.5, 0.6) is 0 Å². The summed E-state index contributed by atoms with van der Waals surface area (Å²) in [5.41, 5.74) is 0. The van der Waals surface area contributed by atoms with E-state index in [9.17, 15) is 5.11 Å². The maximum atomic E-state index is 10.3. The highest BCUT2D eigenvalue weighted by atomic mass is 127. The molecular weight excluding hydrogens is 497 g/mol. The topological polar surface area (TPSA) is 63.1 Å². The summed E-state index contributed by atoms with van der Waals surface area (Å²) in [5, 5.41) is 16.7. The number of hydrogen-bond donors (Lipinski definition) is 3. The molecule has 0 aromatic carbocycles. The average molecular weight is 530 g/mol. The zero-order valence-electron chi connectivity index (χ0n) is 16.4. The van der Waals surface area contributed by atoms with Crippen molar-refractivity contribution in [2.45, 2.75) is 32.9 Å². The highest BCUT2D eigenvalue weighted by Gasteiger charge is 2.20. The van der Waals surface area contributed by atoms with E-state index in [1.807, 2.05) is 19.1 Å². The SMILES string of the molecule is CCNC(=NCC(C)N1CCN(CC)CC1)NCC(O)c1ccc(Cl)s1.I. The number of aliphatic hydroxyl groups is 1. The number of likely N-dealkylation sites (N-methyl/N-ethyl adjacent to an activating group) is 1. The highest BCUT2D eigenvalue weighted by Crippen LogP contribution is 2.26. The van der Waals surface area contributed by atoms with Gasteiger partial charge in [-0.25, -0.2) is 0 Å². The molecule has 0 radical (unpaired) electrons. The zero-order chi connectivity index (χ0) is 18.9. The Kier molecular flexibility index (Phi) is 12.1. The second kappa shape index (κ2) is 13.2. The first kappa shape index (κ1) is 24.9. The quantitative estimate of drug-likeness (QED) is 0.275. The van der Waals surface area contributed by atoms with E-state index in [0.717, 1.165) is 56.6 Å². The third kappa shape index (κ3) is 8.41. The number of nitrogens with one attached hydrogen (secondary N) is 2. The molecule has 1 aromatic rings. The van der Waals surface area contributed by atoms with Gasteiger partial charge in [-0.2, -0.15) is 0 Å². The fourth-order valence-corrected chi connectivity index (χ4v) is 4.05. The second-order valence-electron chi connectivity index (χ2n) is 6.58. The number of nitrogens with zero attached hydrogens (tertiary/aromatic N) is 3. The molecule has 2 heterocycles. The van der Waals surface area contributed by atoms with Gasteiger partial charge in [-0.15, -0.1) is 35.3 Å². The molecule has 1 fully saturated rings. The van der Waals surface area contributed by atoms with Crippen LogP contribution in [-0.4, -0.2) is 79.3 Å². The summed E-state index contributed by atoms with van der Waals surface area (Å²) in [6, 6.07) is 4.08. The molecule has 6 nitrogen and oxygen atoms in total. The molecule has 0 saturated carbocycles. The van der Waals surface area contributed by atoms with Gasteiger partial charge in [-0.1, -0.05) is 18.5 Å². The Morgan fingerprint density at radius 3 is 2.52 bits per heavy atom. The normalized spacial score (nSPS) is 18.6. The molecule has 2 rings (SSSR count). The van der Waals surface area contributed by atoms with E-state index in [2.05, 4.69) is 34.3 Å². The number of guanidine groups is 1. The summed E-state index contributed by atoms with van der Waals surface area (Å²) in [5.74, 6) is 0.744. The van der Waals surface area contributed by atoms with Crippen molar-refractivity contribution in [1.29, 1.82) is 0 Å². The first-order chi connectivity index (χ1) is 12.5. The molecule has 27 heavy (non-hydrogen) atoms. The predicted octanol–water partition coefficient (Wildman–Crippen LogP) is 2.63. The lowest BCUT2D eigenvalue weighted by molar-refractivity contribution is 0.109. The molecule has 0 spiro atoms. The van der Waals surface area contributed by atoms with Gasteiger partial charge in [0.25, 0.3) is 0 Å². The van der Waals surface area contributed by atoms with Gasteiger partial charge in [-0.05, 0) is 32.5 Å². The summed E-state index contributed by atoms with van der Waals surface area (Å²) in [7, 11) is 0. The maximum Gasteiger partial charge on any atom is 0.191 e. The van der Waals surface area contributed by atoms with Crippen LogP contribution in [-0.2, 0) is 0 Å². The molecule has 2 atom stereocenters. The van der Waals surface area contributed by atoms with Gasteiger partial charge >= 0.3 is 0 Å². The van der Waals surface area contributed by atoms with Crippen LogP contribution in [0.3, 0.4) is 0 Å². The van der Waals surface area contributed by atoms with Gasteiger partial charge in [0.2, 0.25) is 0 Å². The molecular formula is C18H33ClIN5OS. The third-order valence-corrected chi connectivity index (χ3v) is 6.05. The number of thiophene rings is 1. The van der Waals surface area contributed by atoms with Crippen molar-refractivity contribution in [2.24, 2.45) is 4.99 Å². The van der Waals surface area contributed by atoms with Crippen LogP contribution in [0.1, 0.15) is 31.8 Å². The van der Waals surface area contributed by atoms with Crippen molar-refractivity contribution in [3.05, 3.63) is 21.3 Å². The number of aliphatic hydroxyl groups excluding tert-OH is 1. The van der Waals surface area contributed by atoms with E-state index in [-0.39, 0.29) is 24.0 Å². The fraction of sp³-hybridized carbons (Fsp3) is 0.722. The van der Waals surface area contributed by atoms with Gasteiger partial charge < -0.3 is 20.6 Å². The Labute approximate surface area is 189 Å². The lowest BCUT2D eigenvalue weighted by atomic mass is 10.2. The molecule has 1 saturated heterocycles. The van der Waals surface area contributed by atoms with Crippen molar-refractivity contribution >= 4 is 52.9 Å². The van der Waals surface area contributed by atoms with Gasteiger partial charge in [0.15, 0.2) is 5.96 Å². The molecule has 0 amide bonds. The fourth-order valence-electron chi connectivity index (χ4n) is 3.00. The van der Waals surface area contributed by atoms with Crippen LogP contribution in [0, 0.1) is 0 Å². The Morgan fingerprint density at radius 1 is 1.26 bits per heavy atom. The Bertz CT molecular complexity index is 566. The zero-order valence-corrected chi connectivity index (χ0v) is 20.4. The number of aliphatic imine (C=N–C) groups is 1. The van der Waals surface area contributed by atoms with Crippen LogP contribution in [0.2, 0.25) is 4.34 Å². The van der Waals surface area contributed by atoms with Crippen LogP contribution < -0.4 is 10.6 Å². The van der Waals surface area contributed by atoms with Gasteiger partial charge in [-0.3, -0.25) is 9.89 Å². The minimum Gasteiger partial charge on any atom is -0.386 e. The van der Waals surface area contributed by atoms with E-state index >= 15 is 0 Å². The van der Waals surface area contributed by atoms with Gasteiger partial charge in [0.05, 0.1) is 10.9 Å². The van der Waals surface area contributed by atoms with E-state index in [4.69, 9.17) is 16.6 Å². The first-order valence-corrected chi connectivity index (χ1v) is 10.6. The van der Waals surface area contributed by atoms with E-state index in [1.54, 1.807) is 0 Å². The number of piperazine rings is 1. The van der Waals surface area contributed by atoms with Gasteiger partial charge in [0, 0.05) is 50.2 Å². The van der Waals surface area contributed by atoms with Crippen molar-refractivity contribution in [1.82, 2.24) is 20.4 Å². The average Bonchev–Trinajstić information content (AvgIpc) is 3.10. The second-order valence-corrected chi connectivity index (χ2v) is 8.32. The van der Waals surface area contributed by atoms with Crippen LogP contribution in [0.15, 0.2) is 17.1 Å². The van der Waals surface area contributed by atoms with E-state index in [1.165, 1.54) is 11.3 Å². The minimum atomic E-state index is -0.587. The Balaban J connectivity index is 0.00000364. The largest absolute Gasteiger partial charge is 0.386 e. The number of hydrogen-bond acceptors (Lipinski definition) is 5. The predicted molar refractivity (Wildman–Crippen MR) is 127 cm³/mol. The van der Waals surface area contributed by atoms with Gasteiger partial charge in [0.1, 0.15) is 6.10 Å². The molecule has 3 N–H and O–H groups in total. The molecule has 0 aliphatic carbocycles. The molecule has 1 aromatic heterocycles. The molecule has 0 bridgehead atoms. The van der Waals surface area contributed by atoms with Crippen molar-refractivity contribution in [3.8, 4) is 0 Å². The van der Waals surface area contributed by atoms with Crippen molar-refractivity contribution in [3.63, 3.8) is 0 Å². The summed E-state index contributed by atoms with van der Waals surface area (Å²) < 4.78 is 0.691. The lowest BCUT2D eigenvalue weighted by Crippen LogP contribution is -2.50. The molecule has 9 heteroatoms. The molecule has 156 valence electrons. The maximum absolute atomic E-state index is 10.3. The summed E-state index contributed by atoms with van der Waals surface area (Å²) in [6.45, 7) is 14.0. The summed E-state index contributed by atoms with van der Waals surface area (Å²) >= 11 is 7.34. The number of halogens is 2. The third-order valence-electron chi connectivity index (χ3n) is 4.72. The minimum absolute atomic E-state index is 0. The highest BCUT2D eigenvalue weighted by molar-refractivity contribution is 14.0. The van der Waals surface area contributed by atoms with Crippen LogP contribution in [0.4, 0.5) is 0 Å². The van der Waals surface area contributed by atoms with Crippen molar-refractivity contribution < 1.29 is 5.11 Å². The Hall–Kier alpha value is -0.130. The molecule has 1 aliphatic heterocycles.